The van der Waals surface area contributed by atoms with E-state index >= 15 is 0 Å². The van der Waals surface area contributed by atoms with E-state index in [4.69, 9.17) is 36.1 Å². The predicted octanol–water partition coefficient (Wildman–Crippen LogP) is -1.44. The van der Waals surface area contributed by atoms with Gasteiger partial charge in [-0.25, -0.2) is 4.68 Å². The number of carbonyl (C=O) groups is 2. The molecule has 19 nitrogen and oxygen atoms in total. The molecule has 2 aromatic heterocycles. The summed E-state index contributed by atoms with van der Waals surface area (Å²) >= 11 is 0. The second-order valence-electron chi connectivity index (χ2n) is 10.9. The quantitative estimate of drug-likeness (QED) is 0.0911. The highest BCUT2D eigenvalue weighted by molar-refractivity contribution is 5.85. The Labute approximate surface area is 290 Å². The van der Waals surface area contributed by atoms with Crippen LogP contribution in [0.1, 0.15) is 30.6 Å². The van der Waals surface area contributed by atoms with Crippen LogP contribution >= 0.6 is 12.4 Å². The predicted molar refractivity (Wildman–Crippen MR) is 179 cm³/mol. The van der Waals surface area contributed by atoms with Gasteiger partial charge >= 0.3 is 5.97 Å². The number of anilines is 3. The molecular weight excluding hydrogens is 666 g/mol. The maximum atomic E-state index is 13.6. The molecular formula is C29H46ClN11O8. The summed E-state index contributed by atoms with van der Waals surface area (Å²) in [7, 11) is 0. The second-order valence-corrected chi connectivity index (χ2v) is 10.9. The third kappa shape index (κ3) is 12.5. The maximum Gasteiger partial charge on any atom is 0.303 e. The molecule has 0 spiro atoms. The first-order chi connectivity index (χ1) is 23.4. The monoisotopic (exact) mass is 711 g/mol. The van der Waals surface area contributed by atoms with Gasteiger partial charge in [-0.2, -0.15) is 15.0 Å². The fourth-order valence-corrected chi connectivity index (χ4v) is 4.96. The highest BCUT2D eigenvalue weighted by atomic mass is 35.5. The number of aliphatic hydroxyl groups excluding tert-OH is 1. The highest BCUT2D eigenvalue weighted by Gasteiger charge is 2.31. The number of hydrogen-bond donors (Lipinski definition) is 4. The van der Waals surface area contributed by atoms with E-state index in [1.807, 2.05) is 9.80 Å². The largest absolute Gasteiger partial charge is 0.481 e. The minimum atomic E-state index is -1.03. The maximum absolute atomic E-state index is 13.6. The summed E-state index contributed by atoms with van der Waals surface area (Å²) in [5.74, 6) is 2.50. The van der Waals surface area contributed by atoms with E-state index in [1.54, 1.807) is 4.90 Å². The zero-order chi connectivity index (χ0) is 34.1. The number of halogens is 1. The van der Waals surface area contributed by atoms with Crippen molar-refractivity contribution >= 4 is 42.1 Å². The van der Waals surface area contributed by atoms with Gasteiger partial charge in [-0.1, -0.05) is 11.1 Å². The van der Waals surface area contributed by atoms with Gasteiger partial charge in [-0.3, -0.25) is 9.59 Å². The fraction of sp³-hybridized carbons (Fsp3) is 0.690. The molecule has 4 rings (SSSR count). The molecule has 1 amide bonds. The van der Waals surface area contributed by atoms with Gasteiger partial charge in [-0.15, -0.1) is 23.9 Å². The zero-order valence-corrected chi connectivity index (χ0v) is 28.2. The molecule has 0 bridgehead atoms. The summed E-state index contributed by atoms with van der Waals surface area (Å²) in [6.45, 7) is 6.55. The van der Waals surface area contributed by atoms with Crippen molar-refractivity contribution in [1.82, 2.24) is 34.8 Å². The lowest BCUT2D eigenvalue weighted by molar-refractivity contribution is -0.138. The summed E-state index contributed by atoms with van der Waals surface area (Å²) in [4.78, 5) is 44.8. The van der Waals surface area contributed by atoms with E-state index in [-0.39, 0.29) is 44.4 Å². The second kappa shape index (κ2) is 21.2. The Morgan fingerprint density at radius 2 is 1.61 bits per heavy atom. The van der Waals surface area contributed by atoms with Gasteiger partial charge in [0.1, 0.15) is 18.3 Å². The fourth-order valence-electron chi connectivity index (χ4n) is 4.96. The molecule has 0 aromatic carbocycles. The van der Waals surface area contributed by atoms with Crippen LogP contribution in [0.5, 0.6) is 0 Å². The molecule has 1 unspecified atom stereocenters. The smallest absolute Gasteiger partial charge is 0.303 e. The third-order valence-electron chi connectivity index (χ3n) is 7.58. The van der Waals surface area contributed by atoms with Crippen LogP contribution in [0, 0.1) is 12.3 Å². The lowest BCUT2D eigenvalue weighted by Crippen LogP contribution is -2.51. The molecule has 2 aliphatic heterocycles. The van der Waals surface area contributed by atoms with E-state index in [9.17, 15) is 19.8 Å². The van der Waals surface area contributed by atoms with Crippen LogP contribution in [0.25, 0.3) is 0 Å². The van der Waals surface area contributed by atoms with Crippen molar-refractivity contribution in [3.63, 3.8) is 0 Å². The van der Waals surface area contributed by atoms with Gasteiger partial charge in [0.05, 0.1) is 65.1 Å². The van der Waals surface area contributed by atoms with Crippen LogP contribution in [0.15, 0.2) is 6.20 Å². The van der Waals surface area contributed by atoms with Gasteiger partial charge in [0.25, 0.3) is 0 Å². The number of rotatable bonds is 20. The van der Waals surface area contributed by atoms with Crippen molar-refractivity contribution in [2.75, 3.05) is 120 Å². The van der Waals surface area contributed by atoms with E-state index in [2.05, 4.69) is 31.5 Å². The van der Waals surface area contributed by atoms with Gasteiger partial charge in [0, 0.05) is 52.2 Å². The van der Waals surface area contributed by atoms with Crippen LogP contribution < -0.4 is 20.9 Å². The van der Waals surface area contributed by atoms with Gasteiger partial charge in [-0.05, 0) is 6.42 Å². The Hall–Kier alpha value is -3.90. The Morgan fingerprint density at radius 3 is 2.24 bits per heavy atom. The molecule has 272 valence electrons. The van der Waals surface area contributed by atoms with Gasteiger partial charge in [0.2, 0.25) is 23.8 Å². The molecule has 2 aliphatic rings. The SMILES string of the molecule is C#CCOCCOCCOCCNc1nc(N2CCOCC2)nc(N2CCN(C(=O)[C@H](CCC(=O)O)n3cc(C(N)CO)nn3)CC2)n1.Cl. The number of nitrogens with one attached hydrogen (secondary N) is 1. The number of amides is 1. The van der Waals surface area contributed by atoms with Crippen LogP contribution in [-0.4, -0.2) is 162 Å². The molecule has 2 saturated heterocycles. The highest BCUT2D eigenvalue weighted by Crippen LogP contribution is 2.22. The van der Waals surface area contributed by atoms with Crippen molar-refractivity contribution in [3.8, 4) is 12.3 Å². The summed E-state index contributed by atoms with van der Waals surface area (Å²) < 4.78 is 23.1. The average molecular weight is 712 g/mol. The average Bonchev–Trinajstić information content (AvgIpc) is 3.60. The molecule has 0 saturated carbocycles. The summed E-state index contributed by atoms with van der Waals surface area (Å²) in [6.07, 6.45) is 6.41. The normalized spacial score (nSPS) is 16.1. The summed E-state index contributed by atoms with van der Waals surface area (Å²) in [5.41, 5.74) is 6.16. The molecule has 2 fully saturated rings. The third-order valence-corrected chi connectivity index (χ3v) is 7.58. The van der Waals surface area contributed by atoms with Gasteiger partial charge in [0.15, 0.2) is 0 Å². The number of ether oxygens (including phenoxy) is 4. The number of carbonyl (C=O) groups excluding carboxylic acids is 1. The number of terminal acetylenes is 1. The van der Waals surface area contributed by atoms with Crippen molar-refractivity contribution in [2.24, 2.45) is 5.73 Å². The molecule has 2 atom stereocenters. The lowest BCUT2D eigenvalue weighted by atomic mass is 10.1. The first-order valence-electron chi connectivity index (χ1n) is 15.9. The molecule has 4 heterocycles. The minimum absolute atomic E-state index is 0. The lowest BCUT2D eigenvalue weighted by Gasteiger charge is -2.36. The van der Waals surface area contributed by atoms with E-state index in [1.165, 1.54) is 10.9 Å². The molecule has 5 N–H and O–H groups in total. The Bertz CT molecular complexity index is 1340. The zero-order valence-electron chi connectivity index (χ0n) is 27.4. The van der Waals surface area contributed by atoms with Crippen LogP contribution in [-0.2, 0) is 28.5 Å². The minimum Gasteiger partial charge on any atom is -0.481 e. The number of hydrogen-bond acceptors (Lipinski definition) is 16. The number of aromatic nitrogens is 6. The number of nitrogens with two attached hydrogens (primary N) is 1. The number of carboxylic acid groups (broad SMARTS) is 1. The molecule has 0 radical (unpaired) electrons. The van der Waals surface area contributed by atoms with Gasteiger partial charge < -0.3 is 54.9 Å². The van der Waals surface area contributed by atoms with Crippen LogP contribution in [0.2, 0.25) is 0 Å². The standard InChI is InChI=1S/C29H45N11O8.ClH/c1-2-12-45-16-18-48-19-17-46-13-5-31-27-32-28(34-29(33-27)39-10-14-47-15-11-39)38-8-6-37(7-9-38)26(44)24(3-4-25(42)43)40-20-23(35-36-40)22(30)21-41;/h1,20,22,24,41H,3-19,21,30H2,(H,42,43)(H,31,32,33,34);1H/t22?,24-;/m0./s1. The van der Waals surface area contributed by atoms with E-state index < -0.39 is 18.1 Å². The van der Waals surface area contributed by atoms with Crippen molar-refractivity contribution in [1.29, 1.82) is 0 Å². The summed E-state index contributed by atoms with van der Waals surface area (Å²) in [6, 6.07) is -1.65. The van der Waals surface area contributed by atoms with Crippen LogP contribution in [0.4, 0.5) is 17.8 Å². The number of nitrogens with zero attached hydrogens (tertiary/aromatic N) is 9. The van der Waals surface area contributed by atoms with E-state index in [0.717, 1.165) is 0 Å². The number of carboxylic acids is 1. The number of piperazine rings is 1. The Balaban J connectivity index is 0.00000650. The summed E-state index contributed by atoms with van der Waals surface area (Å²) in [5, 5.41) is 29.9. The Kier molecular flexibility index (Phi) is 17.1. The van der Waals surface area contributed by atoms with Crippen LogP contribution in [0.3, 0.4) is 0 Å². The number of aliphatic hydroxyl groups is 1. The van der Waals surface area contributed by atoms with Crippen molar-refractivity contribution in [2.45, 2.75) is 24.9 Å². The topological polar surface area (TPSA) is 229 Å². The molecule has 0 aliphatic carbocycles. The van der Waals surface area contributed by atoms with Crippen molar-refractivity contribution in [3.05, 3.63) is 11.9 Å². The number of aliphatic carboxylic acids is 1. The first-order valence-corrected chi connectivity index (χ1v) is 15.9. The van der Waals surface area contributed by atoms with E-state index in [0.29, 0.717) is 116 Å². The number of morpholine rings is 1. The molecule has 20 heteroatoms. The Morgan fingerprint density at radius 1 is 0.980 bits per heavy atom. The molecule has 49 heavy (non-hydrogen) atoms. The molecule has 2 aromatic rings. The first kappa shape index (κ1) is 39.5. The van der Waals surface area contributed by atoms with Crippen molar-refractivity contribution < 1.29 is 38.7 Å².